The lowest BCUT2D eigenvalue weighted by atomic mass is 9.93. The summed E-state index contributed by atoms with van der Waals surface area (Å²) >= 11 is 3.43. The molecule has 0 radical (unpaired) electrons. The van der Waals surface area contributed by atoms with Gasteiger partial charge in [0.25, 0.3) is 0 Å². The number of nitrogens with one attached hydrogen (secondary N) is 2. The lowest BCUT2D eigenvalue weighted by Crippen LogP contribution is -2.38. The summed E-state index contributed by atoms with van der Waals surface area (Å²) in [5, 5.41) is 11.0. The molecular weight excluding hydrogens is 465 g/mol. The van der Waals surface area contributed by atoms with Crippen molar-refractivity contribution in [3.05, 3.63) is 32.2 Å². The van der Waals surface area contributed by atoms with E-state index in [1.807, 2.05) is 6.20 Å². The second kappa shape index (κ2) is 10.4. The van der Waals surface area contributed by atoms with Gasteiger partial charge >= 0.3 is 0 Å². The first-order valence-electron chi connectivity index (χ1n) is 8.27. The predicted octanol–water partition coefficient (Wildman–Crippen LogP) is 4.12. The molecule has 0 fully saturated rings. The van der Waals surface area contributed by atoms with Crippen LogP contribution < -0.4 is 10.6 Å². The minimum atomic E-state index is 0. The first kappa shape index (κ1) is 22.3. The van der Waals surface area contributed by atoms with Gasteiger partial charge in [-0.1, -0.05) is 20.8 Å². The Bertz CT molecular complexity index is 673. The average molecular weight is 493 g/mol. The van der Waals surface area contributed by atoms with Crippen molar-refractivity contribution >= 4 is 52.6 Å². The molecule has 2 heterocycles. The van der Waals surface area contributed by atoms with Crippen molar-refractivity contribution < 1.29 is 0 Å². The summed E-state index contributed by atoms with van der Waals surface area (Å²) in [7, 11) is 0. The first-order valence-corrected chi connectivity index (χ1v) is 9.96. The van der Waals surface area contributed by atoms with E-state index in [0.717, 1.165) is 41.2 Å². The van der Waals surface area contributed by atoms with Crippen LogP contribution in [0.4, 0.5) is 0 Å². The highest BCUT2D eigenvalue weighted by molar-refractivity contribution is 14.0. The smallest absolute Gasteiger partial charge is 0.191 e. The van der Waals surface area contributed by atoms with Crippen molar-refractivity contribution in [3.8, 4) is 0 Å². The molecule has 0 unspecified atom stereocenters. The van der Waals surface area contributed by atoms with Crippen molar-refractivity contribution in [2.75, 3.05) is 13.1 Å². The molecule has 0 saturated heterocycles. The highest BCUT2D eigenvalue weighted by Gasteiger charge is 2.17. The third kappa shape index (κ3) is 7.57. The van der Waals surface area contributed by atoms with E-state index in [0.29, 0.717) is 6.54 Å². The highest BCUT2D eigenvalue weighted by atomic mass is 127. The van der Waals surface area contributed by atoms with Gasteiger partial charge < -0.3 is 10.6 Å². The number of guanidine groups is 1. The van der Waals surface area contributed by atoms with Gasteiger partial charge in [0.2, 0.25) is 0 Å². The van der Waals surface area contributed by atoms with Gasteiger partial charge in [0.05, 0.1) is 17.2 Å². The summed E-state index contributed by atoms with van der Waals surface area (Å²) < 4.78 is 0. The third-order valence-electron chi connectivity index (χ3n) is 3.34. The van der Waals surface area contributed by atoms with Crippen molar-refractivity contribution in [2.24, 2.45) is 4.99 Å². The zero-order valence-corrected chi connectivity index (χ0v) is 19.5. The Morgan fingerprint density at radius 3 is 2.56 bits per heavy atom. The Morgan fingerprint density at radius 1 is 1.24 bits per heavy atom. The van der Waals surface area contributed by atoms with Gasteiger partial charge in [-0.15, -0.1) is 46.7 Å². The van der Waals surface area contributed by atoms with Gasteiger partial charge in [0.1, 0.15) is 5.01 Å². The number of rotatable bonds is 6. The zero-order chi connectivity index (χ0) is 17.6. The van der Waals surface area contributed by atoms with Crippen LogP contribution >= 0.6 is 46.7 Å². The Labute approximate surface area is 175 Å². The molecule has 0 aliphatic rings. The van der Waals surface area contributed by atoms with E-state index in [1.54, 1.807) is 22.7 Å². The molecule has 0 bridgehead atoms. The maximum atomic E-state index is 4.69. The minimum Gasteiger partial charge on any atom is -0.357 e. The van der Waals surface area contributed by atoms with Crippen molar-refractivity contribution in [1.29, 1.82) is 0 Å². The van der Waals surface area contributed by atoms with Crippen LogP contribution in [0.1, 0.15) is 48.3 Å². The summed E-state index contributed by atoms with van der Waals surface area (Å²) in [6.07, 6.45) is 2.84. The van der Waals surface area contributed by atoms with Gasteiger partial charge in [0, 0.05) is 41.4 Å². The summed E-state index contributed by atoms with van der Waals surface area (Å²) in [5.74, 6) is 0.832. The molecule has 0 spiro atoms. The fraction of sp³-hybridized carbons (Fsp3) is 0.588. The molecule has 2 aromatic rings. The largest absolute Gasteiger partial charge is 0.357 e. The molecule has 2 N–H and O–H groups in total. The number of hydrogen-bond acceptors (Lipinski definition) is 5. The Kier molecular flexibility index (Phi) is 9.29. The summed E-state index contributed by atoms with van der Waals surface area (Å²) in [4.78, 5) is 15.0. The van der Waals surface area contributed by atoms with Crippen LogP contribution in [0, 0.1) is 6.92 Å². The van der Waals surface area contributed by atoms with Crippen LogP contribution in [0.2, 0.25) is 0 Å². The maximum absolute atomic E-state index is 4.69. The van der Waals surface area contributed by atoms with E-state index in [1.165, 1.54) is 4.88 Å². The molecular formula is C17H28IN5S2. The number of hydrogen-bond donors (Lipinski definition) is 2. The molecule has 25 heavy (non-hydrogen) atoms. The monoisotopic (exact) mass is 493 g/mol. The normalized spacial score (nSPS) is 12.0. The van der Waals surface area contributed by atoms with Crippen molar-refractivity contribution in [2.45, 2.75) is 53.0 Å². The van der Waals surface area contributed by atoms with Crippen LogP contribution in [-0.2, 0) is 18.4 Å². The molecule has 0 aliphatic heterocycles. The van der Waals surface area contributed by atoms with Gasteiger partial charge in [-0.2, -0.15) is 0 Å². The lowest BCUT2D eigenvalue weighted by Gasteiger charge is -2.14. The molecule has 0 amide bonds. The van der Waals surface area contributed by atoms with Crippen LogP contribution in [0.15, 0.2) is 16.6 Å². The number of aromatic nitrogens is 2. The quantitative estimate of drug-likeness (QED) is 0.361. The van der Waals surface area contributed by atoms with Gasteiger partial charge in [-0.25, -0.2) is 15.0 Å². The summed E-state index contributed by atoms with van der Waals surface area (Å²) in [6.45, 7) is 13.0. The second-order valence-corrected chi connectivity index (χ2v) is 8.88. The van der Waals surface area contributed by atoms with Crippen LogP contribution in [0.3, 0.4) is 0 Å². The molecule has 0 atom stereocenters. The van der Waals surface area contributed by atoms with E-state index in [4.69, 9.17) is 4.98 Å². The van der Waals surface area contributed by atoms with Crippen molar-refractivity contribution in [1.82, 2.24) is 20.6 Å². The Hall–Kier alpha value is -0.740. The van der Waals surface area contributed by atoms with Gasteiger partial charge in [0.15, 0.2) is 5.96 Å². The molecule has 2 aromatic heterocycles. The maximum Gasteiger partial charge on any atom is 0.191 e. The zero-order valence-electron chi connectivity index (χ0n) is 15.5. The standard InChI is InChI=1S/C17H27N5S2.HI/c1-6-18-16(19-8-7-14-20-9-12(2)24-14)21-10-15-22-13(11-23-15)17(3,4)5;/h9,11H,6-8,10H2,1-5H3,(H2,18,19,21);1H. The number of aliphatic imine (C=N–C) groups is 1. The summed E-state index contributed by atoms with van der Waals surface area (Å²) in [6, 6.07) is 0. The van der Waals surface area contributed by atoms with Gasteiger partial charge in [-0.05, 0) is 13.8 Å². The molecule has 0 aliphatic carbocycles. The van der Waals surface area contributed by atoms with E-state index in [9.17, 15) is 0 Å². The predicted molar refractivity (Wildman–Crippen MR) is 120 cm³/mol. The molecule has 5 nitrogen and oxygen atoms in total. The third-order valence-corrected chi connectivity index (χ3v) is 5.14. The lowest BCUT2D eigenvalue weighted by molar-refractivity contribution is 0.571. The second-order valence-electron chi connectivity index (χ2n) is 6.61. The number of nitrogens with zero attached hydrogens (tertiary/aromatic N) is 3. The molecule has 0 saturated carbocycles. The summed E-state index contributed by atoms with van der Waals surface area (Å²) in [5.41, 5.74) is 1.22. The first-order chi connectivity index (χ1) is 11.4. The van der Waals surface area contributed by atoms with E-state index < -0.39 is 0 Å². The Morgan fingerprint density at radius 2 is 2.00 bits per heavy atom. The van der Waals surface area contributed by atoms with E-state index >= 15 is 0 Å². The van der Waals surface area contributed by atoms with E-state index in [-0.39, 0.29) is 29.4 Å². The van der Waals surface area contributed by atoms with Crippen LogP contribution in [-0.4, -0.2) is 29.0 Å². The number of aryl methyl sites for hydroxylation is 1. The molecule has 140 valence electrons. The SMILES string of the molecule is CCNC(=NCc1nc(C(C)(C)C)cs1)NCCc1ncc(C)s1.I. The number of thiazole rings is 2. The topological polar surface area (TPSA) is 62.2 Å². The molecule has 8 heteroatoms. The number of halogens is 1. The van der Waals surface area contributed by atoms with Crippen LogP contribution in [0.25, 0.3) is 0 Å². The average Bonchev–Trinajstić information content (AvgIpc) is 3.13. The minimum absolute atomic E-state index is 0. The van der Waals surface area contributed by atoms with Crippen molar-refractivity contribution in [3.63, 3.8) is 0 Å². The fourth-order valence-electron chi connectivity index (χ4n) is 2.02. The highest BCUT2D eigenvalue weighted by Crippen LogP contribution is 2.24. The Balaban J connectivity index is 0.00000312. The van der Waals surface area contributed by atoms with E-state index in [2.05, 4.69) is 60.6 Å². The molecule has 0 aromatic carbocycles. The van der Waals surface area contributed by atoms with Crippen LogP contribution in [0.5, 0.6) is 0 Å². The fourth-order valence-corrected chi connectivity index (χ4v) is 3.75. The van der Waals surface area contributed by atoms with Gasteiger partial charge in [-0.3, -0.25) is 0 Å². The molecule has 2 rings (SSSR count).